The van der Waals surface area contributed by atoms with Gasteiger partial charge in [0, 0.05) is 36.8 Å². The molecule has 0 saturated carbocycles. The summed E-state index contributed by atoms with van der Waals surface area (Å²) in [4.78, 5) is 30.0. The van der Waals surface area contributed by atoms with Gasteiger partial charge in [-0.15, -0.1) is 0 Å². The van der Waals surface area contributed by atoms with E-state index in [4.69, 9.17) is 21.1 Å². The van der Waals surface area contributed by atoms with Gasteiger partial charge < -0.3 is 19.5 Å². The van der Waals surface area contributed by atoms with Crippen LogP contribution in [0.1, 0.15) is 23.6 Å². The average Bonchev–Trinajstić information content (AvgIpc) is 3.10. The molecule has 0 aliphatic carbocycles. The summed E-state index contributed by atoms with van der Waals surface area (Å²) in [5, 5.41) is 11.6. The van der Waals surface area contributed by atoms with Gasteiger partial charge in [-0.2, -0.15) is 0 Å². The molecule has 0 radical (unpaired) electrons. The zero-order valence-electron chi connectivity index (χ0n) is 18.5. The number of nitrogens with zero attached hydrogens (tertiary/aromatic N) is 2. The molecule has 0 unspecified atom stereocenters. The Kier molecular flexibility index (Phi) is 7.33. The lowest BCUT2D eigenvalue weighted by Gasteiger charge is -2.29. The number of morpholine rings is 1. The van der Waals surface area contributed by atoms with Crippen molar-refractivity contribution in [3.8, 4) is 5.75 Å². The Balaban J connectivity index is 1.68. The van der Waals surface area contributed by atoms with Crippen LogP contribution in [0.5, 0.6) is 5.75 Å². The van der Waals surface area contributed by atoms with Crippen LogP contribution >= 0.6 is 11.6 Å². The van der Waals surface area contributed by atoms with Gasteiger partial charge in [0.1, 0.15) is 11.5 Å². The van der Waals surface area contributed by atoms with Gasteiger partial charge in [-0.05, 0) is 48.4 Å². The monoisotopic (exact) mass is 470 g/mol. The normalized spacial score (nSPS) is 20.9. The van der Waals surface area contributed by atoms with E-state index in [1.165, 1.54) is 0 Å². The predicted octanol–water partition coefficient (Wildman–Crippen LogP) is 3.49. The maximum Gasteiger partial charge on any atom is 0.295 e. The number of ketones is 1. The first kappa shape index (κ1) is 23.3. The first-order valence-electron chi connectivity index (χ1n) is 11.0. The molecular weight excluding hydrogens is 444 g/mol. The lowest BCUT2D eigenvalue weighted by molar-refractivity contribution is -0.140. The minimum atomic E-state index is -0.708. The maximum atomic E-state index is 13.1. The molecule has 2 aliphatic heterocycles. The molecular formula is C25H27ClN2O5. The number of rotatable bonds is 7. The van der Waals surface area contributed by atoms with Gasteiger partial charge in [-0.3, -0.25) is 14.5 Å². The second kappa shape index (κ2) is 10.4. The van der Waals surface area contributed by atoms with E-state index in [1.807, 2.05) is 12.1 Å². The third kappa shape index (κ3) is 5.05. The molecule has 1 atom stereocenters. The van der Waals surface area contributed by atoms with Crippen LogP contribution in [0.4, 0.5) is 0 Å². The van der Waals surface area contributed by atoms with Crippen molar-refractivity contribution in [3.63, 3.8) is 0 Å². The van der Waals surface area contributed by atoms with E-state index in [0.29, 0.717) is 48.1 Å². The number of carbonyl (C=O) groups is 2. The van der Waals surface area contributed by atoms with Crippen molar-refractivity contribution in [2.24, 2.45) is 0 Å². The Morgan fingerprint density at radius 3 is 2.55 bits per heavy atom. The molecule has 2 heterocycles. The molecule has 0 aromatic heterocycles. The number of aliphatic hydroxyl groups is 1. The Morgan fingerprint density at radius 1 is 1.12 bits per heavy atom. The van der Waals surface area contributed by atoms with Crippen LogP contribution in [-0.2, 0) is 14.3 Å². The van der Waals surface area contributed by atoms with Gasteiger partial charge in [-0.25, -0.2) is 0 Å². The van der Waals surface area contributed by atoms with Crippen LogP contribution in [-0.4, -0.2) is 73.1 Å². The van der Waals surface area contributed by atoms with Gasteiger partial charge in [0.05, 0.1) is 31.9 Å². The zero-order valence-corrected chi connectivity index (χ0v) is 19.3. The quantitative estimate of drug-likeness (QED) is 0.379. The number of halogens is 1. The minimum absolute atomic E-state index is 0.0712. The SMILES string of the molecule is COc1cccc([C@@H]2C(=C(O)c3ccc(Cl)cc3)C(=O)C(=O)N2CCCN2CCOCC2)c1. The summed E-state index contributed by atoms with van der Waals surface area (Å²) in [6.07, 6.45) is 0.703. The van der Waals surface area contributed by atoms with Crippen molar-refractivity contribution in [1.29, 1.82) is 0 Å². The summed E-state index contributed by atoms with van der Waals surface area (Å²) in [5.74, 6) is -0.909. The molecule has 2 saturated heterocycles. The Morgan fingerprint density at radius 2 is 1.85 bits per heavy atom. The Labute approximate surface area is 198 Å². The number of ether oxygens (including phenoxy) is 2. The van der Waals surface area contributed by atoms with E-state index in [9.17, 15) is 14.7 Å². The first-order chi connectivity index (χ1) is 16.0. The molecule has 2 aromatic rings. The summed E-state index contributed by atoms with van der Waals surface area (Å²) in [6, 6.07) is 13.1. The van der Waals surface area contributed by atoms with E-state index >= 15 is 0 Å². The number of aliphatic hydroxyl groups excluding tert-OH is 1. The zero-order chi connectivity index (χ0) is 23.4. The predicted molar refractivity (Wildman–Crippen MR) is 125 cm³/mol. The molecule has 2 fully saturated rings. The van der Waals surface area contributed by atoms with Crippen molar-refractivity contribution < 1.29 is 24.2 Å². The highest BCUT2D eigenvalue weighted by molar-refractivity contribution is 6.46. The number of hydrogen-bond donors (Lipinski definition) is 1. The fraction of sp³-hybridized carbons (Fsp3) is 0.360. The number of Topliss-reactive ketones (excluding diaryl/α,β-unsaturated/α-hetero) is 1. The second-order valence-electron chi connectivity index (χ2n) is 8.08. The molecule has 174 valence electrons. The van der Waals surface area contributed by atoms with E-state index in [-0.39, 0.29) is 11.3 Å². The standard InChI is InChI=1S/C25H27ClN2O5/c1-32-20-5-2-4-18(16-20)22-21(23(29)17-6-8-19(26)9-7-17)24(30)25(31)28(22)11-3-10-27-12-14-33-15-13-27/h2,4-9,16,22,29H,3,10-15H2,1H3/t22-/m1/s1. The molecule has 8 heteroatoms. The number of likely N-dealkylation sites (tertiary alicyclic amines) is 1. The largest absolute Gasteiger partial charge is 0.507 e. The fourth-order valence-electron chi connectivity index (χ4n) is 4.32. The first-order valence-corrected chi connectivity index (χ1v) is 11.4. The summed E-state index contributed by atoms with van der Waals surface area (Å²) in [7, 11) is 1.56. The molecule has 2 aliphatic rings. The van der Waals surface area contributed by atoms with Crippen LogP contribution in [0.3, 0.4) is 0 Å². The topological polar surface area (TPSA) is 79.3 Å². The highest BCUT2D eigenvalue weighted by atomic mass is 35.5. The molecule has 0 spiro atoms. The third-order valence-electron chi connectivity index (χ3n) is 6.04. The second-order valence-corrected chi connectivity index (χ2v) is 8.52. The van der Waals surface area contributed by atoms with E-state index < -0.39 is 17.7 Å². The van der Waals surface area contributed by atoms with Crippen LogP contribution in [0.15, 0.2) is 54.1 Å². The van der Waals surface area contributed by atoms with Crippen molar-refractivity contribution in [1.82, 2.24) is 9.80 Å². The summed E-state index contributed by atoms with van der Waals surface area (Å²) >= 11 is 5.98. The minimum Gasteiger partial charge on any atom is -0.507 e. The molecule has 7 nitrogen and oxygen atoms in total. The number of methoxy groups -OCH3 is 1. The highest BCUT2D eigenvalue weighted by Gasteiger charge is 2.45. The van der Waals surface area contributed by atoms with Gasteiger partial charge in [0.2, 0.25) is 0 Å². The average molecular weight is 471 g/mol. The number of amides is 1. The van der Waals surface area contributed by atoms with Crippen LogP contribution in [0.25, 0.3) is 5.76 Å². The summed E-state index contributed by atoms with van der Waals surface area (Å²) in [5.41, 5.74) is 1.20. The van der Waals surface area contributed by atoms with Crippen LogP contribution in [0.2, 0.25) is 5.02 Å². The van der Waals surface area contributed by atoms with Gasteiger partial charge in [-0.1, -0.05) is 23.7 Å². The number of carbonyl (C=O) groups excluding carboxylic acids is 2. The molecule has 0 bridgehead atoms. The van der Waals surface area contributed by atoms with E-state index in [1.54, 1.807) is 48.4 Å². The molecule has 1 N–H and O–H groups in total. The summed E-state index contributed by atoms with van der Waals surface area (Å²) < 4.78 is 10.7. The van der Waals surface area contributed by atoms with Crippen molar-refractivity contribution in [2.45, 2.75) is 12.5 Å². The molecule has 1 amide bonds. The molecule has 2 aromatic carbocycles. The van der Waals surface area contributed by atoms with Crippen molar-refractivity contribution in [2.75, 3.05) is 46.5 Å². The van der Waals surface area contributed by atoms with Gasteiger partial charge in [0.15, 0.2) is 0 Å². The number of hydrogen-bond acceptors (Lipinski definition) is 6. The van der Waals surface area contributed by atoms with E-state index in [2.05, 4.69) is 4.90 Å². The molecule has 4 rings (SSSR count). The summed E-state index contributed by atoms with van der Waals surface area (Å²) in [6.45, 7) is 4.31. The smallest absolute Gasteiger partial charge is 0.295 e. The van der Waals surface area contributed by atoms with Crippen molar-refractivity contribution in [3.05, 3.63) is 70.3 Å². The van der Waals surface area contributed by atoms with Crippen LogP contribution in [0, 0.1) is 0 Å². The third-order valence-corrected chi connectivity index (χ3v) is 6.30. The van der Waals surface area contributed by atoms with E-state index in [0.717, 1.165) is 19.6 Å². The lowest BCUT2D eigenvalue weighted by atomic mass is 9.95. The number of benzene rings is 2. The maximum absolute atomic E-state index is 13.1. The highest BCUT2D eigenvalue weighted by Crippen LogP contribution is 2.40. The van der Waals surface area contributed by atoms with Crippen molar-refractivity contribution >= 4 is 29.1 Å². The Bertz CT molecular complexity index is 1050. The van der Waals surface area contributed by atoms with Gasteiger partial charge >= 0.3 is 0 Å². The lowest BCUT2D eigenvalue weighted by Crippen LogP contribution is -2.38. The molecule has 33 heavy (non-hydrogen) atoms. The Hall–Kier alpha value is -2.87. The fourth-order valence-corrected chi connectivity index (χ4v) is 4.45. The van der Waals surface area contributed by atoms with Crippen LogP contribution < -0.4 is 4.74 Å². The van der Waals surface area contributed by atoms with Gasteiger partial charge in [0.25, 0.3) is 11.7 Å².